The van der Waals surface area contributed by atoms with Crippen LogP contribution in [0.2, 0.25) is 0 Å². The molecule has 1 aliphatic heterocycles. The highest BCUT2D eigenvalue weighted by molar-refractivity contribution is 5.99. The second-order valence-electron chi connectivity index (χ2n) is 11.0. The number of esters is 6. The number of aryl methyl sites for hydroxylation is 1. The third-order valence-electron chi connectivity index (χ3n) is 6.88. The van der Waals surface area contributed by atoms with Crippen LogP contribution in [0.15, 0.2) is 36.4 Å². The van der Waals surface area contributed by atoms with E-state index in [0.29, 0.717) is 12.2 Å². The summed E-state index contributed by atoms with van der Waals surface area (Å²) >= 11 is 0. The van der Waals surface area contributed by atoms with Gasteiger partial charge in [0.2, 0.25) is 12.4 Å². The predicted octanol–water partition coefficient (Wildman–Crippen LogP) is 2.99. The summed E-state index contributed by atoms with van der Waals surface area (Å²) in [5.41, 5.74) is 1.08. The highest BCUT2D eigenvalue weighted by atomic mass is 16.7. The minimum Gasteiger partial charge on any atom is -0.463 e. The molecule has 1 fully saturated rings. The highest BCUT2D eigenvalue weighted by Crippen LogP contribution is 2.36. The molecule has 0 aliphatic carbocycles. The molecule has 0 N–H and O–H groups in total. The third-order valence-corrected chi connectivity index (χ3v) is 6.88. The number of carbonyl (C=O) groups excluding carboxylic acids is 7. The van der Waals surface area contributed by atoms with Gasteiger partial charge in [-0.1, -0.05) is 12.1 Å². The topological polar surface area (TPSA) is 193 Å². The fourth-order valence-electron chi connectivity index (χ4n) is 5.16. The summed E-state index contributed by atoms with van der Waals surface area (Å²) in [6.07, 6.45) is -6.83. The molecule has 0 spiro atoms. The van der Waals surface area contributed by atoms with Crippen molar-refractivity contribution in [3.8, 4) is 17.2 Å². The van der Waals surface area contributed by atoms with Crippen LogP contribution in [0.1, 0.15) is 70.0 Å². The Morgan fingerprint density at radius 1 is 0.592 bits per heavy atom. The van der Waals surface area contributed by atoms with Crippen LogP contribution in [-0.2, 0) is 65.3 Å². The molecule has 0 radical (unpaired) electrons. The molecular formula is C34H38O15. The molecule has 1 heterocycles. The van der Waals surface area contributed by atoms with Crippen LogP contribution in [0.3, 0.4) is 0 Å². The molecule has 15 nitrogen and oxygen atoms in total. The summed E-state index contributed by atoms with van der Waals surface area (Å²) in [4.78, 5) is 84.6. The van der Waals surface area contributed by atoms with Gasteiger partial charge in [-0.15, -0.1) is 0 Å². The van der Waals surface area contributed by atoms with Crippen molar-refractivity contribution >= 4 is 41.6 Å². The minimum atomic E-state index is -1.58. The Morgan fingerprint density at radius 2 is 1.14 bits per heavy atom. The second kappa shape index (κ2) is 17.2. The Kier molecular flexibility index (Phi) is 13.4. The Hall–Kier alpha value is -5.31. The fourth-order valence-corrected chi connectivity index (χ4v) is 5.16. The lowest BCUT2D eigenvalue weighted by molar-refractivity contribution is -0.288. The molecule has 0 aromatic heterocycles. The van der Waals surface area contributed by atoms with Gasteiger partial charge >= 0.3 is 35.8 Å². The summed E-state index contributed by atoms with van der Waals surface area (Å²) in [5.74, 6) is -4.42. The summed E-state index contributed by atoms with van der Waals surface area (Å²) in [7, 11) is 0. The number of hydrogen-bond acceptors (Lipinski definition) is 15. The van der Waals surface area contributed by atoms with E-state index in [1.165, 1.54) is 32.9 Å². The average Bonchev–Trinajstić information content (AvgIpc) is 2.98. The zero-order valence-corrected chi connectivity index (χ0v) is 28.1. The molecule has 0 saturated carbocycles. The van der Waals surface area contributed by atoms with Gasteiger partial charge in [0.15, 0.2) is 18.0 Å². The monoisotopic (exact) mass is 686 g/mol. The Balaban J connectivity index is 2.13. The quantitative estimate of drug-likeness (QED) is 0.129. The van der Waals surface area contributed by atoms with E-state index in [4.69, 9.17) is 37.9 Å². The van der Waals surface area contributed by atoms with Gasteiger partial charge in [0.1, 0.15) is 30.0 Å². The van der Waals surface area contributed by atoms with Crippen molar-refractivity contribution in [1.82, 2.24) is 0 Å². The van der Waals surface area contributed by atoms with Crippen LogP contribution in [0.4, 0.5) is 0 Å². The first-order valence-electron chi connectivity index (χ1n) is 15.1. The maximum absolute atomic E-state index is 13.1. The Morgan fingerprint density at radius 3 is 1.67 bits per heavy atom. The second-order valence-corrected chi connectivity index (χ2v) is 11.0. The van der Waals surface area contributed by atoms with Gasteiger partial charge in [-0.3, -0.25) is 33.6 Å². The number of rotatable bonds is 13. The van der Waals surface area contributed by atoms with Crippen LogP contribution in [-0.4, -0.2) is 78.9 Å². The minimum absolute atomic E-state index is 0.0230. The van der Waals surface area contributed by atoms with Crippen LogP contribution in [0.5, 0.6) is 17.2 Å². The van der Waals surface area contributed by atoms with E-state index < -0.39 is 78.9 Å². The van der Waals surface area contributed by atoms with Gasteiger partial charge in [-0.05, 0) is 49.6 Å². The average molecular weight is 687 g/mol. The molecule has 1 aliphatic rings. The van der Waals surface area contributed by atoms with Gasteiger partial charge in [-0.2, -0.15) is 0 Å². The number of ketones is 1. The molecule has 49 heavy (non-hydrogen) atoms. The van der Waals surface area contributed by atoms with Crippen molar-refractivity contribution in [3.05, 3.63) is 53.1 Å². The molecule has 2 aromatic carbocycles. The van der Waals surface area contributed by atoms with Crippen molar-refractivity contribution < 1.29 is 71.5 Å². The Bertz CT molecular complexity index is 1580. The first kappa shape index (κ1) is 38.1. The molecule has 264 valence electrons. The smallest absolute Gasteiger partial charge is 0.308 e. The van der Waals surface area contributed by atoms with E-state index in [-0.39, 0.29) is 29.0 Å². The lowest BCUT2D eigenvalue weighted by Gasteiger charge is -2.44. The van der Waals surface area contributed by atoms with Crippen LogP contribution < -0.4 is 14.2 Å². The largest absolute Gasteiger partial charge is 0.463 e. The van der Waals surface area contributed by atoms with Crippen molar-refractivity contribution in [3.63, 3.8) is 0 Å². The zero-order valence-electron chi connectivity index (χ0n) is 28.1. The van der Waals surface area contributed by atoms with Gasteiger partial charge in [-0.25, -0.2) is 0 Å². The maximum Gasteiger partial charge on any atom is 0.308 e. The number of hydrogen-bond donors (Lipinski definition) is 0. The summed E-state index contributed by atoms with van der Waals surface area (Å²) < 4.78 is 44.3. The van der Waals surface area contributed by atoms with Gasteiger partial charge in [0.05, 0.1) is 5.56 Å². The third kappa shape index (κ3) is 11.1. The van der Waals surface area contributed by atoms with Crippen molar-refractivity contribution in [2.75, 3.05) is 6.61 Å². The molecule has 0 unspecified atom stereocenters. The van der Waals surface area contributed by atoms with E-state index in [1.807, 2.05) is 0 Å². The van der Waals surface area contributed by atoms with Crippen LogP contribution in [0, 0.1) is 0 Å². The molecule has 0 amide bonds. The lowest BCUT2D eigenvalue weighted by atomic mass is 9.95. The first-order valence-corrected chi connectivity index (χ1v) is 15.1. The molecular weight excluding hydrogens is 648 g/mol. The number of ether oxygens (including phenoxy) is 8. The van der Waals surface area contributed by atoms with E-state index >= 15 is 0 Å². The number of carbonyl (C=O) groups is 7. The molecule has 1 saturated heterocycles. The highest BCUT2D eigenvalue weighted by Gasteiger charge is 2.53. The van der Waals surface area contributed by atoms with Gasteiger partial charge < -0.3 is 37.9 Å². The van der Waals surface area contributed by atoms with E-state index in [0.717, 1.165) is 33.3 Å². The SMILES string of the molecule is CC(=O)OC[C@H]1O[C@@H](Oc2ccc(OC(C)=O)c(C(C)=O)c2CCc2ccc(OC(C)=O)cc2)[C@H](OC(C)=O)[C@@H](OC(C)=O)[C@@H]1OC(C)=O. The van der Waals surface area contributed by atoms with Crippen molar-refractivity contribution in [2.45, 2.75) is 92.0 Å². The van der Waals surface area contributed by atoms with Crippen molar-refractivity contribution in [1.29, 1.82) is 0 Å². The molecule has 2 aromatic rings. The standard InChI is InChI=1S/C34H38O15/c1-17(35)30-26(13-10-24-8-11-25(12-9-24)43-19(3)37)27(14-15-28(30)44-20(4)38)48-34-33(47-23(7)41)32(46-22(6)40)31(45-21(5)39)29(49-34)16-42-18(2)36/h8-9,11-12,14-15,29,31-34H,10,13,16H2,1-7H3/t29-,31-,32+,33-,34-/m1/s1. The number of benzene rings is 2. The normalized spacial score (nSPS) is 19.9. The molecule has 3 rings (SSSR count). The molecule has 5 atom stereocenters. The van der Waals surface area contributed by atoms with Crippen LogP contribution >= 0.6 is 0 Å². The Labute approximate surface area is 282 Å². The first-order chi connectivity index (χ1) is 23.0. The van der Waals surface area contributed by atoms with Crippen LogP contribution in [0.25, 0.3) is 0 Å². The summed E-state index contributed by atoms with van der Waals surface area (Å²) in [6.45, 7) is 7.68. The van der Waals surface area contributed by atoms with Gasteiger partial charge in [0.25, 0.3) is 0 Å². The zero-order chi connectivity index (χ0) is 36.4. The fraction of sp³-hybridized carbons (Fsp3) is 0.441. The van der Waals surface area contributed by atoms with Gasteiger partial charge in [0, 0.05) is 47.1 Å². The maximum atomic E-state index is 13.1. The lowest BCUT2D eigenvalue weighted by Crippen LogP contribution is -2.63. The summed E-state index contributed by atoms with van der Waals surface area (Å²) in [5, 5.41) is 0. The predicted molar refractivity (Wildman–Crippen MR) is 165 cm³/mol. The van der Waals surface area contributed by atoms with E-state index in [2.05, 4.69) is 0 Å². The number of Topliss-reactive ketones (excluding diaryl/α,β-unsaturated/α-hetero) is 1. The van der Waals surface area contributed by atoms with E-state index in [1.54, 1.807) is 24.3 Å². The molecule has 15 heteroatoms. The molecule has 0 bridgehead atoms. The van der Waals surface area contributed by atoms with Crippen molar-refractivity contribution in [2.24, 2.45) is 0 Å². The summed E-state index contributed by atoms with van der Waals surface area (Å²) in [6, 6.07) is 9.41. The van der Waals surface area contributed by atoms with E-state index in [9.17, 15) is 33.6 Å².